The SMILES string of the molecule is NCCc1ccccc1C(=O)OCc1cccs1. The predicted molar refractivity (Wildman–Crippen MR) is 72.6 cm³/mol. The summed E-state index contributed by atoms with van der Waals surface area (Å²) in [6.45, 7) is 0.850. The Morgan fingerprint density at radius 1 is 1.22 bits per heavy atom. The molecule has 0 aliphatic carbocycles. The van der Waals surface area contributed by atoms with Gasteiger partial charge in [-0.05, 0) is 36.0 Å². The van der Waals surface area contributed by atoms with Crippen LogP contribution >= 0.6 is 11.3 Å². The van der Waals surface area contributed by atoms with Crippen molar-refractivity contribution in [3.8, 4) is 0 Å². The molecule has 2 rings (SSSR count). The van der Waals surface area contributed by atoms with Crippen molar-refractivity contribution in [2.45, 2.75) is 13.0 Å². The van der Waals surface area contributed by atoms with Gasteiger partial charge in [0.25, 0.3) is 0 Å². The van der Waals surface area contributed by atoms with E-state index in [1.165, 1.54) is 0 Å². The van der Waals surface area contributed by atoms with E-state index in [2.05, 4.69) is 0 Å². The van der Waals surface area contributed by atoms with Crippen molar-refractivity contribution < 1.29 is 9.53 Å². The lowest BCUT2D eigenvalue weighted by Crippen LogP contribution is -2.11. The molecule has 0 saturated heterocycles. The van der Waals surface area contributed by atoms with Gasteiger partial charge in [-0.3, -0.25) is 0 Å². The molecule has 0 unspecified atom stereocenters. The zero-order valence-electron chi connectivity index (χ0n) is 9.96. The summed E-state index contributed by atoms with van der Waals surface area (Å²) in [4.78, 5) is 13.0. The van der Waals surface area contributed by atoms with E-state index in [9.17, 15) is 4.79 Å². The summed E-state index contributed by atoms with van der Waals surface area (Å²) in [5, 5.41) is 1.96. The van der Waals surface area contributed by atoms with Crippen molar-refractivity contribution >= 4 is 17.3 Å². The molecule has 2 aromatic rings. The summed E-state index contributed by atoms with van der Waals surface area (Å²) in [6, 6.07) is 11.3. The summed E-state index contributed by atoms with van der Waals surface area (Å²) in [5.41, 5.74) is 7.08. The molecule has 94 valence electrons. The molecule has 0 aliphatic heterocycles. The number of rotatable bonds is 5. The Morgan fingerprint density at radius 2 is 2.06 bits per heavy atom. The number of nitrogens with two attached hydrogens (primary N) is 1. The fourth-order valence-electron chi connectivity index (χ4n) is 1.70. The van der Waals surface area contributed by atoms with Gasteiger partial charge in [-0.25, -0.2) is 4.79 Å². The van der Waals surface area contributed by atoms with Gasteiger partial charge in [0.2, 0.25) is 0 Å². The van der Waals surface area contributed by atoms with Gasteiger partial charge in [-0.1, -0.05) is 24.3 Å². The first-order valence-corrected chi connectivity index (χ1v) is 6.66. The molecular weight excluding hydrogens is 246 g/mol. The first-order chi connectivity index (χ1) is 8.81. The number of carbonyl (C=O) groups is 1. The molecule has 3 nitrogen and oxygen atoms in total. The van der Waals surface area contributed by atoms with E-state index >= 15 is 0 Å². The fraction of sp³-hybridized carbons (Fsp3) is 0.214. The monoisotopic (exact) mass is 261 g/mol. The Hall–Kier alpha value is -1.65. The highest BCUT2D eigenvalue weighted by Crippen LogP contribution is 2.14. The van der Waals surface area contributed by atoms with Crippen LogP contribution in [-0.4, -0.2) is 12.5 Å². The normalized spacial score (nSPS) is 10.3. The molecule has 1 aromatic heterocycles. The van der Waals surface area contributed by atoms with E-state index < -0.39 is 0 Å². The maximum Gasteiger partial charge on any atom is 0.338 e. The van der Waals surface area contributed by atoms with Crippen LogP contribution in [-0.2, 0) is 17.8 Å². The summed E-state index contributed by atoms with van der Waals surface area (Å²) in [7, 11) is 0. The van der Waals surface area contributed by atoms with E-state index in [0.29, 0.717) is 25.1 Å². The van der Waals surface area contributed by atoms with E-state index in [1.807, 2.05) is 35.7 Å². The second kappa shape index (κ2) is 6.33. The second-order valence-electron chi connectivity index (χ2n) is 3.85. The van der Waals surface area contributed by atoms with Gasteiger partial charge in [0.1, 0.15) is 6.61 Å². The van der Waals surface area contributed by atoms with E-state index in [-0.39, 0.29) is 5.97 Å². The Balaban J connectivity index is 2.04. The number of esters is 1. The topological polar surface area (TPSA) is 52.3 Å². The molecule has 1 aromatic carbocycles. The van der Waals surface area contributed by atoms with Crippen LogP contribution in [0.25, 0.3) is 0 Å². The molecule has 0 amide bonds. The van der Waals surface area contributed by atoms with Gasteiger partial charge in [-0.2, -0.15) is 0 Å². The highest BCUT2D eigenvalue weighted by Gasteiger charge is 2.11. The third kappa shape index (κ3) is 3.18. The highest BCUT2D eigenvalue weighted by atomic mass is 32.1. The number of ether oxygens (including phenoxy) is 1. The smallest absolute Gasteiger partial charge is 0.338 e. The molecule has 0 radical (unpaired) electrons. The minimum absolute atomic E-state index is 0.285. The van der Waals surface area contributed by atoms with Crippen LogP contribution in [0.1, 0.15) is 20.8 Å². The zero-order chi connectivity index (χ0) is 12.8. The number of thiophene rings is 1. The molecule has 4 heteroatoms. The lowest BCUT2D eigenvalue weighted by atomic mass is 10.1. The fourth-order valence-corrected chi connectivity index (χ4v) is 2.32. The first kappa shape index (κ1) is 12.8. The van der Waals surface area contributed by atoms with Crippen LogP contribution in [0.3, 0.4) is 0 Å². The third-order valence-corrected chi connectivity index (χ3v) is 3.43. The zero-order valence-corrected chi connectivity index (χ0v) is 10.8. The van der Waals surface area contributed by atoms with E-state index in [0.717, 1.165) is 10.4 Å². The van der Waals surface area contributed by atoms with Crippen molar-refractivity contribution in [3.05, 3.63) is 57.8 Å². The quantitative estimate of drug-likeness (QED) is 0.842. The van der Waals surface area contributed by atoms with Crippen molar-refractivity contribution in [2.24, 2.45) is 5.73 Å². The summed E-state index contributed by atoms with van der Waals surface area (Å²) in [6.07, 6.45) is 0.685. The molecule has 18 heavy (non-hydrogen) atoms. The van der Waals surface area contributed by atoms with Crippen molar-refractivity contribution in [2.75, 3.05) is 6.54 Å². The van der Waals surface area contributed by atoms with Gasteiger partial charge < -0.3 is 10.5 Å². The van der Waals surface area contributed by atoms with E-state index in [1.54, 1.807) is 17.4 Å². The number of benzene rings is 1. The Kier molecular flexibility index (Phi) is 4.50. The van der Waals surface area contributed by atoms with Gasteiger partial charge in [0.15, 0.2) is 0 Å². The first-order valence-electron chi connectivity index (χ1n) is 5.78. The maximum absolute atomic E-state index is 12.0. The second-order valence-corrected chi connectivity index (χ2v) is 4.88. The molecule has 0 aliphatic rings. The van der Waals surface area contributed by atoms with Gasteiger partial charge in [0.05, 0.1) is 5.56 Å². The lowest BCUT2D eigenvalue weighted by Gasteiger charge is -2.08. The minimum atomic E-state index is -0.285. The lowest BCUT2D eigenvalue weighted by molar-refractivity contribution is 0.0475. The molecule has 0 atom stereocenters. The standard InChI is InChI=1S/C14H15NO2S/c15-8-7-11-4-1-2-6-13(11)14(16)17-10-12-5-3-9-18-12/h1-6,9H,7-8,10,15H2. The molecule has 0 bridgehead atoms. The number of carbonyl (C=O) groups excluding carboxylic acids is 1. The van der Waals surface area contributed by atoms with Crippen LogP contribution in [0, 0.1) is 0 Å². The van der Waals surface area contributed by atoms with Gasteiger partial charge in [0, 0.05) is 4.88 Å². The van der Waals surface area contributed by atoms with Crippen LogP contribution in [0.4, 0.5) is 0 Å². The largest absolute Gasteiger partial charge is 0.456 e. The maximum atomic E-state index is 12.0. The Bertz CT molecular complexity index is 508. The minimum Gasteiger partial charge on any atom is -0.456 e. The van der Waals surface area contributed by atoms with Crippen molar-refractivity contribution in [1.29, 1.82) is 0 Å². The summed E-state index contributed by atoms with van der Waals surface area (Å²) >= 11 is 1.58. The molecule has 0 saturated carbocycles. The summed E-state index contributed by atoms with van der Waals surface area (Å²) in [5.74, 6) is -0.285. The highest BCUT2D eigenvalue weighted by molar-refractivity contribution is 7.09. The van der Waals surface area contributed by atoms with Crippen molar-refractivity contribution in [1.82, 2.24) is 0 Å². The van der Waals surface area contributed by atoms with Crippen LogP contribution < -0.4 is 5.73 Å². The van der Waals surface area contributed by atoms with Gasteiger partial charge >= 0.3 is 5.97 Å². The van der Waals surface area contributed by atoms with Crippen molar-refractivity contribution in [3.63, 3.8) is 0 Å². The van der Waals surface area contributed by atoms with E-state index in [4.69, 9.17) is 10.5 Å². The third-order valence-electron chi connectivity index (χ3n) is 2.58. The molecule has 2 N–H and O–H groups in total. The average molecular weight is 261 g/mol. The average Bonchev–Trinajstić information content (AvgIpc) is 2.90. The summed E-state index contributed by atoms with van der Waals surface area (Å²) < 4.78 is 5.29. The Labute approximate surface area is 110 Å². The van der Waals surface area contributed by atoms with Gasteiger partial charge in [-0.15, -0.1) is 11.3 Å². The predicted octanol–water partition coefficient (Wildman–Crippen LogP) is 2.61. The number of hydrogen-bond donors (Lipinski definition) is 1. The Morgan fingerprint density at radius 3 is 2.78 bits per heavy atom. The molecule has 0 fully saturated rings. The molecule has 1 heterocycles. The van der Waals surface area contributed by atoms with Crippen LogP contribution in [0.15, 0.2) is 41.8 Å². The molecule has 0 spiro atoms. The van der Waals surface area contributed by atoms with Crippen LogP contribution in [0.5, 0.6) is 0 Å². The number of hydrogen-bond acceptors (Lipinski definition) is 4. The molecular formula is C14H15NO2S. The van der Waals surface area contributed by atoms with Crippen LogP contribution in [0.2, 0.25) is 0 Å².